The number of urea groups is 1. The van der Waals surface area contributed by atoms with Gasteiger partial charge in [0.15, 0.2) is 0 Å². The van der Waals surface area contributed by atoms with E-state index in [1.807, 2.05) is 0 Å². The molecule has 5 nitrogen and oxygen atoms in total. The summed E-state index contributed by atoms with van der Waals surface area (Å²) >= 11 is 3.20. The van der Waals surface area contributed by atoms with Crippen molar-refractivity contribution in [3.63, 3.8) is 0 Å². The number of rotatable bonds is 3. The molecule has 1 aromatic rings. The normalized spacial score (nSPS) is 14.2. The number of anilines is 1. The van der Waals surface area contributed by atoms with Crippen molar-refractivity contribution >= 4 is 33.6 Å². The lowest BCUT2D eigenvalue weighted by atomic mass is 10.0. The predicted octanol–water partition coefficient (Wildman–Crippen LogP) is 3.28. The van der Waals surface area contributed by atoms with Crippen LogP contribution in [0.15, 0.2) is 22.7 Å². The molecule has 0 heterocycles. The molecule has 1 aromatic carbocycles. The Balaban J connectivity index is 2.92. The Morgan fingerprint density at radius 2 is 1.86 bits per heavy atom. The second-order valence-electron chi connectivity index (χ2n) is 4.47. The van der Waals surface area contributed by atoms with Crippen LogP contribution >= 0.6 is 15.9 Å². The SMILES string of the molecule is Cc1cc(Br)ccc1NC(=O)NC(C)(C(=O)O)C(F)(F)F. The van der Waals surface area contributed by atoms with E-state index < -0.39 is 23.7 Å². The summed E-state index contributed by atoms with van der Waals surface area (Å²) < 4.78 is 39.0. The molecule has 0 aliphatic carbocycles. The Labute approximate surface area is 126 Å². The Bertz CT molecular complexity index is 577. The van der Waals surface area contributed by atoms with Gasteiger partial charge >= 0.3 is 18.2 Å². The van der Waals surface area contributed by atoms with Crippen molar-refractivity contribution < 1.29 is 27.9 Å². The standard InChI is InChI=1S/C12H12BrF3N2O3/c1-6-5-7(13)3-4-8(6)17-10(21)18-11(2,9(19)20)12(14,15)16/h3-5H,1-2H3,(H,19,20)(H2,17,18,21). The Kier molecular flexibility index (Phi) is 4.87. The molecule has 1 unspecified atom stereocenters. The second kappa shape index (κ2) is 5.92. The number of aliphatic carboxylic acids is 1. The molecule has 9 heteroatoms. The van der Waals surface area contributed by atoms with E-state index in [1.54, 1.807) is 19.1 Å². The van der Waals surface area contributed by atoms with Gasteiger partial charge in [-0.05, 0) is 37.6 Å². The van der Waals surface area contributed by atoms with E-state index in [2.05, 4.69) is 21.2 Å². The second-order valence-corrected chi connectivity index (χ2v) is 5.38. The minimum Gasteiger partial charge on any atom is -0.479 e. The van der Waals surface area contributed by atoms with E-state index in [-0.39, 0.29) is 5.69 Å². The number of hydrogen-bond donors (Lipinski definition) is 3. The maximum Gasteiger partial charge on any atom is 0.422 e. The van der Waals surface area contributed by atoms with E-state index >= 15 is 0 Å². The van der Waals surface area contributed by atoms with Crippen LogP contribution in [0.3, 0.4) is 0 Å². The van der Waals surface area contributed by atoms with E-state index in [1.165, 1.54) is 11.4 Å². The smallest absolute Gasteiger partial charge is 0.422 e. The fourth-order valence-electron chi connectivity index (χ4n) is 1.39. The number of alkyl halides is 3. The molecule has 2 amide bonds. The first kappa shape index (κ1) is 17.3. The van der Waals surface area contributed by atoms with E-state index in [0.717, 1.165) is 4.47 Å². The fourth-order valence-corrected chi connectivity index (χ4v) is 1.87. The molecule has 0 aliphatic rings. The van der Waals surface area contributed by atoms with Crippen molar-refractivity contribution in [2.75, 3.05) is 5.32 Å². The number of carbonyl (C=O) groups excluding carboxylic acids is 1. The van der Waals surface area contributed by atoms with Gasteiger partial charge in [0, 0.05) is 10.2 Å². The minimum atomic E-state index is -5.13. The lowest BCUT2D eigenvalue weighted by Crippen LogP contribution is -2.62. The molecule has 1 atom stereocenters. The van der Waals surface area contributed by atoms with E-state index in [9.17, 15) is 22.8 Å². The highest BCUT2D eigenvalue weighted by Gasteiger charge is 2.58. The van der Waals surface area contributed by atoms with Crippen molar-refractivity contribution in [2.24, 2.45) is 0 Å². The van der Waals surface area contributed by atoms with Crippen LogP contribution < -0.4 is 10.6 Å². The minimum absolute atomic E-state index is 0.269. The van der Waals surface area contributed by atoms with Gasteiger partial charge in [0.2, 0.25) is 5.54 Å². The lowest BCUT2D eigenvalue weighted by Gasteiger charge is -2.28. The number of benzene rings is 1. The van der Waals surface area contributed by atoms with Crippen LogP contribution in [0.2, 0.25) is 0 Å². The van der Waals surface area contributed by atoms with Crippen LogP contribution in [0, 0.1) is 6.92 Å². The summed E-state index contributed by atoms with van der Waals surface area (Å²) in [5.41, 5.74) is -2.51. The number of hydrogen-bond acceptors (Lipinski definition) is 2. The molecule has 116 valence electrons. The van der Waals surface area contributed by atoms with Crippen molar-refractivity contribution in [3.05, 3.63) is 28.2 Å². The summed E-state index contributed by atoms with van der Waals surface area (Å²) in [7, 11) is 0. The van der Waals surface area contributed by atoms with Gasteiger partial charge in [0.05, 0.1) is 0 Å². The summed E-state index contributed by atoms with van der Waals surface area (Å²) in [5.74, 6) is -2.20. The number of aryl methyl sites for hydroxylation is 1. The molecule has 0 aliphatic heterocycles. The van der Waals surface area contributed by atoms with Crippen molar-refractivity contribution in [1.82, 2.24) is 5.32 Å². The van der Waals surface area contributed by atoms with Gasteiger partial charge in [-0.3, -0.25) is 0 Å². The van der Waals surface area contributed by atoms with Crippen LogP contribution in [0.25, 0.3) is 0 Å². The molecular formula is C12H12BrF3N2O3. The van der Waals surface area contributed by atoms with Crippen LogP contribution in [0.5, 0.6) is 0 Å². The first-order chi connectivity index (χ1) is 9.47. The quantitative estimate of drug-likeness (QED) is 0.765. The molecule has 3 N–H and O–H groups in total. The zero-order chi connectivity index (χ0) is 16.4. The van der Waals surface area contributed by atoms with Crippen LogP contribution in [0.4, 0.5) is 23.7 Å². The summed E-state index contributed by atoms with van der Waals surface area (Å²) in [4.78, 5) is 22.4. The number of halogens is 4. The van der Waals surface area contributed by atoms with Crippen molar-refractivity contribution in [1.29, 1.82) is 0 Å². The molecule has 21 heavy (non-hydrogen) atoms. The molecule has 0 bridgehead atoms. The van der Waals surface area contributed by atoms with Crippen LogP contribution in [-0.4, -0.2) is 28.8 Å². The highest BCUT2D eigenvalue weighted by Crippen LogP contribution is 2.30. The van der Waals surface area contributed by atoms with Gasteiger partial charge in [0.1, 0.15) is 0 Å². The van der Waals surface area contributed by atoms with E-state index in [0.29, 0.717) is 12.5 Å². The number of carboxylic acids is 1. The maximum atomic E-state index is 12.8. The first-order valence-electron chi connectivity index (χ1n) is 5.63. The Morgan fingerprint density at radius 3 is 2.29 bits per heavy atom. The van der Waals surface area contributed by atoms with Gasteiger partial charge in [-0.2, -0.15) is 13.2 Å². The van der Waals surface area contributed by atoms with Gasteiger partial charge in [-0.1, -0.05) is 15.9 Å². The van der Waals surface area contributed by atoms with Gasteiger partial charge in [-0.15, -0.1) is 0 Å². The molecule has 0 aromatic heterocycles. The molecule has 0 fully saturated rings. The third-order valence-electron chi connectivity index (χ3n) is 2.79. The first-order valence-corrected chi connectivity index (χ1v) is 6.42. The topological polar surface area (TPSA) is 78.4 Å². The average Bonchev–Trinajstić information content (AvgIpc) is 2.31. The lowest BCUT2D eigenvalue weighted by molar-refractivity contribution is -0.203. The monoisotopic (exact) mass is 368 g/mol. The number of carboxylic acid groups (broad SMARTS) is 1. The number of amides is 2. The fraction of sp³-hybridized carbons (Fsp3) is 0.333. The van der Waals surface area contributed by atoms with Gasteiger partial charge < -0.3 is 15.7 Å². The zero-order valence-corrected chi connectivity index (χ0v) is 12.6. The summed E-state index contributed by atoms with van der Waals surface area (Å²) in [6.07, 6.45) is -5.13. The molecular weight excluding hydrogens is 357 g/mol. The maximum absolute atomic E-state index is 12.8. The summed E-state index contributed by atoms with van der Waals surface area (Å²) in [5, 5.41) is 12.3. The van der Waals surface area contributed by atoms with Crippen molar-refractivity contribution in [3.8, 4) is 0 Å². The molecule has 0 spiro atoms. The zero-order valence-electron chi connectivity index (χ0n) is 11.0. The largest absolute Gasteiger partial charge is 0.479 e. The highest BCUT2D eigenvalue weighted by atomic mass is 79.9. The van der Waals surface area contributed by atoms with E-state index in [4.69, 9.17) is 5.11 Å². The predicted molar refractivity (Wildman–Crippen MR) is 73.1 cm³/mol. The summed E-state index contributed by atoms with van der Waals surface area (Å²) in [6, 6.07) is 3.45. The van der Waals surface area contributed by atoms with Crippen molar-refractivity contribution in [2.45, 2.75) is 25.6 Å². The Morgan fingerprint density at radius 1 is 1.29 bits per heavy atom. The van der Waals surface area contributed by atoms with Gasteiger partial charge in [0.25, 0.3) is 0 Å². The highest BCUT2D eigenvalue weighted by molar-refractivity contribution is 9.10. The summed E-state index contributed by atoms with van der Waals surface area (Å²) in [6.45, 7) is 2.02. The third kappa shape index (κ3) is 3.87. The van der Waals surface area contributed by atoms with Crippen LogP contribution in [0.1, 0.15) is 12.5 Å². The molecule has 0 saturated carbocycles. The number of carbonyl (C=O) groups is 2. The molecule has 0 radical (unpaired) electrons. The Hall–Kier alpha value is -1.77. The molecule has 1 rings (SSSR count). The third-order valence-corrected chi connectivity index (χ3v) is 3.29. The van der Waals surface area contributed by atoms with Crippen LogP contribution in [-0.2, 0) is 4.79 Å². The number of nitrogens with one attached hydrogen (secondary N) is 2. The van der Waals surface area contributed by atoms with Gasteiger partial charge in [-0.25, -0.2) is 9.59 Å². The molecule has 0 saturated heterocycles. The average molecular weight is 369 g/mol.